The number of anilines is 2. The van der Waals surface area contributed by atoms with E-state index < -0.39 is 17.5 Å². The molecule has 2 N–H and O–H groups in total. The Kier molecular flexibility index (Phi) is 4.96. The molecule has 0 saturated carbocycles. The highest BCUT2D eigenvalue weighted by Crippen LogP contribution is 2.36. The maximum absolute atomic E-state index is 12.5. The molecule has 8 nitrogen and oxygen atoms in total. The van der Waals surface area contributed by atoms with Crippen LogP contribution in [0.1, 0.15) is 19.4 Å². The second-order valence-electron chi connectivity index (χ2n) is 6.75. The predicted octanol–water partition coefficient (Wildman–Crippen LogP) is 2.55. The van der Waals surface area contributed by atoms with E-state index in [-0.39, 0.29) is 17.3 Å². The number of esters is 2. The van der Waals surface area contributed by atoms with Crippen LogP contribution in [0.4, 0.5) is 16.2 Å². The zero-order valence-corrected chi connectivity index (χ0v) is 16.0. The Morgan fingerprint density at radius 2 is 1.79 bits per heavy atom. The summed E-state index contributed by atoms with van der Waals surface area (Å²) in [5.74, 6) is -1.34. The van der Waals surface area contributed by atoms with Gasteiger partial charge in [-0.15, -0.1) is 0 Å². The molecule has 0 fully saturated rings. The molecule has 1 aromatic carbocycles. The molecule has 0 aromatic heterocycles. The lowest BCUT2D eigenvalue weighted by Gasteiger charge is -2.35. The summed E-state index contributed by atoms with van der Waals surface area (Å²) >= 11 is 0. The van der Waals surface area contributed by atoms with Gasteiger partial charge in [0.2, 0.25) is 0 Å². The summed E-state index contributed by atoms with van der Waals surface area (Å²) in [6, 6.07) is 5.06. The number of rotatable bonds is 3. The van der Waals surface area contributed by atoms with Gasteiger partial charge in [-0.2, -0.15) is 0 Å². The van der Waals surface area contributed by atoms with Crippen LogP contribution in [0.2, 0.25) is 0 Å². The van der Waals surface area contributed by atoms with E-state index in [9.17, 15) is 14.4 Å². The molecule has 2 amide bonds. The smallest absolute Gasteiger partial charge is 0.355 e. The normalized spacial score (nSPS) is 17.3. The van der Waals surface area contributed by atoms with Gasteiger partial charge in [-0.05, 0) is 44.2 Å². The van der Waals surface area contributed by atoms with Crippen LogP contribution in [0.3, 0.4) is 0 Å². The van der Waals surface area contributed by atoms with Crippen molar-refractivity contribution < 1.29 is 23.9 Å². The zero-order valence-electron chi connectivity index (χ0n) is 16.0. The Hall–Kier alpha value is -3.55. The summed E-state index contributed by atoms with van der Waals surface area (Å²) in [5.41, 5.74) is 1.60. The first-order valence-corrected chi connectivity index (χ1v) is 8.57. The summed E-state index contributed by atoms with van der Waals surface area (Å²) in [7, 11) is 2.49. The molecule has 3 rings (SSSR count). The summed E-state index contributed by atoms with van der Waals surface area (Å²) in [6.45, 7) is 3.76. The molecule has 0 saturated heterocycles. The van der Waals surface area contributed by atoms with Gasteiger partial charge in [0.15, 0.2) is 0 Å². The monoisotopic (exact) mass is 383 g/mol. The van der Waals surface area contributed by atoms with Gasteiger partial charge in [-0.3, -0.25) is 0 Å². The summed E-state index contributed by atoms with van der Waals surface area (Å²) in [4.78, 5) is 38.2. The Morgan fingerprint density at radius 3 is 2.46 bits per heavy atom. The lowest BCUT2D eigenvalue weighted by atomic mass is 9.90. The topological polar surface area (TPSA) is 97.0 Å². The highest BCUT2D eigenvalue weighted by molar-refractivity contribution is 6.05. The number of methoxy groups -OCH3 is 2. The molecule has 2 aliphatic rings. The first kappa shape index (κ1) is 19.2. The number of carbonyl (C=O) groups is 3. The number of nitrogens with zero attached hydrogens (tertiary/aromatic N) is 1. The molecule has 0 bridgehead atoms. The summed E-state index contributed by atoms with van der Waals surface area (Å²) in [6.07, 6.45) is 6.49. The van der Waals surface area contributed by atoms with Crippen molar-refractivity contribution in [2.45, 2.75) is 19.4 Å². The van der Waals surface area contributed by atoms with Crippen LogP contribution < -0.4 is 15.5 Å². The van der Waals surface area contributed by atoms with Gasteiger partial charge in [0.1, 0.15) is 5.70 Å². The second-order valence-corrected chi connectivity index (χ2v) is 6.75. The van der Waals surface area contributed by atoms with Crippen LogP contribution in [0.15, 0.2) is 53.9 Å². The maximum atomic E-state index is 12.5. The zero-order chi connectivity index (χ0) is 20.5. The number of urea groups is 1. The van der Waals surface area contributed by atoms with Gasteiger partial charge in [-0.25, -0.2) is 14.4 Å². The van der Waals surface area contributed by atoms with Crippen molar-refractivity contribution in [2.24, 2.45) is 0 Å². The van der Waals surface area contributed by atoms with Crippen LogP contribution >= 0.6 is 0 Å². The molecule has 0 atom stereocenters. The Bertz CT molecular complexity index is 943. The van der Waals surface area contributed by atoms with Crippen molar-refractivity contribution in [3.63, 3.8) is 0 Å². The number of hydrogen-bond donors (Lipinski definition) is 2. The number of nitrogens with one attached hydrogen (secondary N) is 2. The number of benzene rings is 1. The molecule has 1 aromatic rings. The van der Waals surface area contributed by atoms with E-state index in [4.69, 9.17) is 9.47 Å². The maximum Gasteiger partial charge on any atom is 0.355 e. The quantitative estimate of drug-likeness (QED) is 0.779. The van der Waals surface area contributed by atoms with Crippen molar-refractivity contribution in [3.05, 3.63) is 59.5 Å². The number of carbonyl (C=O) groups excluding carboxylic acids is 3. The van der Waals surface area contributed by atoms with Crippen LogP contribution in [-0.2, 0) is 24.6 Å². The SMILES string of the molecule is COC(=O)C1=C(C(=O)OC)N(c2ccc3c(c2)C(C)(C)NC(=O)N3)C=CC=C1. The fourth-order valence-corrected chi connectivity index (χ4v) is 3.18. The summed E-state index contributed by atoms with van der Waals surface area (Å²) in [5, 5.41) is 5.62. The average Bonchev–Trinajstić information content (AvgIpc) is 2.88. The number of hydrogen-bond acceptors (Lipinski definition) is 6. The highest BCUT2D eigenvalue weighted by Gasteiger charge is 2.33. The molecule has 0 spiro atoms. The fourth-order valence-electron chi connectivity index (χ4n) is 3.18. The standard InChI is InChI=1S/C20H21N3O5/c1-20(2)14-11-12(8-9-15(14)21-19(26)22-20)23-10-6-5-7-13(17(24)27-3)16(23)18(25)28-4/h5-11H,1-4H3,(H2,21,22,26). The number of fused-ring (bicyclic) bond motifs is 1. The summed E-state index contributed by atoms with van der Waals surface area (Å²) < 4.78 is 9.73. The van der Waals surface area contributed by atoms with E-state index in [0.717, 1.165) is 5.56 Å². The fraction of sp³-hybridized carbons (Fsp3) is 0.250. The van der Waals surface area contributed by atoms with Crippen molar-refractivity contribution in [1.82, 2.24) is 5.32 Å². The molecule has 0 aliphatic carbocycles. The second kappa shape index (κ2) is 7.22. The third-order valence-corrected chi connectivity index (χ3v) is 4.52. The lowest BCUT2D eigenvalue weighted by molar-refractivity contribution is -0.139. The van der Waals surface area contributed by atoms with E-state index >= 15 is 0 Å². The van der Waals surface area contributed by atoms with Gasteiger partial charge in [-0.1, -0.05) is 6.08 Å². The molecular weight excluding hydrogens is 362 g/mol. The largest absolute Gasteiger partial charge is 0.465 e. The Morgan fingerprint density at radius 1 is 1.07 bits per heavy atom. The van der Waals surface area contributed by atoms with E-state index in [2.05, 4.69) is 10.6 Å². The van der Waals surface area contributed by atoms with Crippen molar-refractivity contribution in [2.75, 3.05) is 24.4 Å². The minimum atomic E-state index is -0.681. The van der Waals surface area contributed by atoms with Gasteiger partial charge in [0.05, 0.1) is 25.3 Å². The first-order chi connectivity index (χ1) is 13.3. The predicted molar refractivity (Wildman–Crippen MR) is 103 cm³/mol. The number of allylic oxidation sites excluding steroid dienone is 2. The van der Waals surface area contributed by atoms with Crippen molar-refractivity contribution in [3.8, 4) is 0 Å². The van der Waals surface area contributed by atoms with Crippen molar-refractivity contribution >= 4 is 29.3 Å². The van der Waals surface area contributed by atoms with Crippen LogP contribution in [0.5, 0.6) is 0 Å². The average molecular weight is 383 g/mol. The third-order valence-electron chi connectivity index (χ3n) is 4.52. The van der Waals surface area contributed by atoms with Gasteiger partial charge < -0.3 is 25.0 Å². The van der Waals surface area contributed by atoms with Gasteiger partial charge in [0.25, 0.3) is 0 Å². The van der Waals surface area contributed by atoms with E-state index in [1.807, 2.05) is 19.9 Å². The van der Waals surface area contributed by atoms with E-state index in [1.165, 1.54) is 20.3 Å². The van der Waals surface area contributed by atoms with Crippen LogP contribution in [0.25, 0.3) is 0 Å². The Labute approximate surface area is 162 Å². The molecule has 146 valence electrons. The molecule has 0 unspecified atom stereocenters. The Balaban J connectivity index is 2.17. The van der Waals surface area contributed by atoms with Crippen molar-refractivity contribution in [1.29, 1.82) is 0 Å². The minimum Gasteiger partial charge on any atom is -0.465 e. The number of ether oxygens (including phenoxy) is 2. The molecule has 0 radical (unpaired) electrons. The highest BCUT2D eigenvalue weighted by atomic mass is 16.5. The minimum absolute atomic E-state index is 0.0323. The van der Waals surface area contributed by atoms with E-state index in [1.54, 1.807) is 35.4 Å². The molecule has 28 heavy (non-hydrogen) atoms. The van der Waals surface area contributed by atoms with Gasteiger partial charge >= 0.3 is 18.0 Å². The van der Waals surface area contributed by atoms with E-state index in [0.29, 0.717) is 11.4 Å². The third kappa shape index (κ3) is 3.36. The van der Waals surface area contributed by atoms with Crippen LogP contribution in [0, 0.1) is 0 Å². The molecular formula is C20H21N3O5. The van der Waals surface area contributed by atoms with Gasteiger partial charge in [0, 0.05) is 23.1 Å². The molecule has 8 heteroatoms. The van der Waals surface area contributed by atoms with Crippen LogP contribution in [-0.4, -0.2) is 32.2 Å². The molecule has 2 aliphatic heterocycles. The first-order valence-electron chi connectivity index (χ1n) is 8.57. The molecule has 2 heterocycles. The number of amides is 2. The lowest BCUT2D eigenvalue weighted by Crippen LogP contribution is -2.47.